The second kappa shape index (κ2) is 14.5. The molecular weight excluding hydrogens is 528 g/mol. The Morgan fingerprint density at radius 1 is 0.864 bits per heavy atom. The molecule has 0 heterocycles. The predicted octanol–water partition coefficient (Wildman–Crippen LogP) is 13.7. The summed E-state index contributed by atoms with van der Waals surface area (Å²) in [4.78, 5) is 0. The van der Waals surface area contributed by atoms with Crippen LogP contribution in [0.2, 0.25) is 0 Å². The highest BCUT2D eigenvalue weighted by Crippen LogP contribution is 2.40. The Balaban J connectivity index is 1.84. The first-order valence-corrected chi connectivity index (χ1v) is 17.1. The first-order valence-electron chi connectivity index (χ1n) is 17.1. The van der Waals surface area contributed by atoms with Crippen molar-refractivity contribution >= 4 is 5.57 Å². The van der Waals surface area contributed by atoms with Gasteiger partial charge in [0, 0.05) is 5.92 Å². The van der Waals surface area contributed by atoms with Crippen LogP contribution >= 0.6 is 0 Å². The average molecular weight is 591 g/mol. The van der Waals surface area contributed by atoms with Gasteiger partial charge in [0.05, 0.1) is 0 Å². The summed E-state index contributed by atoms with van der Waals surface area (Å²) in [7, 11) is 0. The molecule has 0 saturated carbocycles. The maximum Gasteiger partial charge on any atom is 0.00478 e. The molecule has 2 aromatic carbocycles. The molecule has 0 spiro atoms. The zero-order valence-corrected chi connectivity index (χ0v) is 30.8. The zero-order valence-electron chi connectivity index (χ0n) is 30.8. The summed E-state index contributed by atoms with van der Waals surface area (Å²) >= 11 is 0. The van der Waals surface area contributed by atoms with Gasteiger partial charge in [-0.05, 0) is 128 Å². The molecule has 1 aliphatic rings. The zero-order chi connectivity index (χ0) is 33.0. The minimum absolute atomic E-state index is 0.165. The smallest absolute Gasteiger partial charge is 0.00478 e. The summed E-state index contributed by atoms with van der Waals surface area (Å²) in [6, 6.07) is 14.0. The number of allylic oxidation sites excluding steroid dienone is 10. The van der Waals surface area contributed by atoms with Gasteiger partial charge in [-0.25, -0.2) is 0 Å². The Hall–Kier alpha value is -2.86. The first-order chi connectivity index (χ1) is 20.4. The lowest BCUT2D eigenvalue weighted by Gasteiger charge is -2.30. The minimum Gasteiger partial charge on any atom is -0.0845 e. The average Bonchev–Trinajstić information content (AvgIpc) is 2.94. The van der Waals surface area contributed by atoms with Crippen LogP contribution in [0.15, 0.2) is 88.6 Å². The van der Waals surface area contributed by atoms with E-state index >= 15 is 0 Å². The third-order valence-electron chi connectivity index (χ3n) is 10.2. The minimum atomic E-state index is 0.165. The molecule has 2 aromatic rings. The largest absolute Gasteiger partial charge is 0.0845 e. The second-order valence-corrected chi connectivity index (χ2v) is 15.7. The molecule has 238 valence electrons. The van der Waals surface area contributed by atoms with Crippen LogP contribution in [0, 0.1) is 31.1 Å². The maximum absolute atomic E-state index is 2.55. The van der Waals surface area contributed by atoms with Gasteiger partial charge in [-0.3, -0.25) is 0 Å². The van der Waals surface area contributed by atoms with Crippen LogP contribution in [0.1, 0.15) is 131 Å². The van der Waals surface area contributed by atoms with Gasteiger partial charge in [-0.15, -0.1) is 0 Å². The van der Waals surface area contributed by atoms with Gasteiger partial charge in [0.25, 0.3) is 0 Å². The lowest BCUT2D eigenvalue weighted by molar-refractivity contribution is 0.498. The van der Waals surface area contributed by atoms with Crippen LogP contribution in [0.25, 0.3) is 16.7 Å². The highest BCUT2D eigenvalue weighted by molar-refractivity contribution is 5.75. The first kappa shape index (κ1) is 35.6. The van der Waals surface area contributed by atoms with E-state index in [9.17, 15) is 0 Å². The van der Waals surface area contributed by atoms with E-state index in [1.165, 1.54) is 56.5 Å². The fourth-order valence-electron chi connectivity index (χ4n) is 6.48. The monoisotopic (exact) mass is 590 g/mol. The predicted molar refractivity (Wildman–Crippen MR) is 198 cm³/mol. The summed E-state index contributed by atoms with van der Waals surface area (Å²) in [5, 5.41) is 0. The molecule has 0 fully saturated rings. The van der Waals surface area contributed by atoms with Crippen molar-refractivity contribution in [1.29, 1.82) is 0 Å². The Morgan fingerprint density at radius 3 is 2.02 bits per heavy atom. The van der Waals surface area contributed by atoms with E-state index in [0.717, 1.165) is 19.3 Å². The van der Waals surface area contributed by atoms with Crippen LogP contribution in [0.3, 0.4) is 0 Å². The molecule has 0 amide bonds. The van der Waals surface area contributed by atoms with Crippen LogP contribution in [-0.2, 0) is 5.41 Å². The number of aryl methyl sites for hydroxylation is 2. The molecule has 0 bridgehead atoms. The summed E-state index contributed by atoms with van der Waals surface area (Å²) in [5.41, 5.74) is 17.5. The van der Waals surface area contributed by atoms with Crippen molar-refractivity contribution in [1.82, 2.24) is 0 Å². The molecule has 0 heteroatoms. The Kier molecular flexibility index (Phi) is 11.7. The molecule has 0 aliphatic heterocycles. The number of benzene rings is 2. The van der Waals surface area contributed by atoms with Crippen molar-refractivity contribution in [3.63, 3.8) is 0 Å². The normalized spacial score (nSPS) is 18.1. The molecule has 0 nitrogen and oxygen atoms in total. The van der Waals surface area contributed by atoms with E-state index < -0.39 is 0 Å². The molecule has 3 rings (SSSR count). The number of hydrogen-bond acceptors (Lipinski definition) is 0. The van der Waals surface area contributed by atoms with Crippen molar-refractivity contribution in [3.8, 4) is 11.1 Å². The highest BCUT2D eigenvalue weighted by atomic mass is 14.3. The molecule has 0 N–H and O–H groups in total. The SMILES string of the molecule is CCC/C(=C\C=C(/C)c1ccc(-c2ccc(C(C)(C)C)cc2C)c(C)c1)C1CC=C(C(C)C/C=C(\C)C(C)(C)C)C(C)=C1C. The summed E-state index contributed by atoms with van der Waals surface area (Å²) < 4.78 is 0. The van der Waals surface area contributed by atoms with Crippen LogP contribution in [-0.4, -0.2) is 0 Å². The lowest BCUT2D eigenvalue weighted by Crippen LogP contribution is -2.15. The van der Waals surface area contributed by atoms with E-state index in [0.29, 0.717) is 11.8 Å². The Labute approximate surface area is 272 Å². The Bertz CT molecular complexity index is 1480. The molecule has 44 heavy (non-hydrogen) atoms. The summed E-state index contributed by atoms with van der Waals surface area (Å²) in [6.45, 7) is 32.3. The number of hydrogen-bond donors (Lipinski definition) is 0. The van der Waals surface area contributed by atoms with Gasteiger partial charge in [0.1, 0.15) is 0 Å². The lowest BCUT2D eigenvalue weighted by atomic mass is 9.75. The van der Waals surface area contributed by atoms with Crippen LogP contribution in [0.4, 0.5) is 0 Å². The van der Waals surface area contributed by atoms with Gasteiger partial charge in [0.15, 0.2) is 0 Å². The fraction of sp³-hybridized carbons (Fsp3) is 0.500. The molecule has 0 aromatic heterocycles. The number of rotatable bonds is 9. The van der Waals surface area contributed by atoms with Crippen LogP contribution in [0.5, 0.6) is 0 Å². The summed E-state index contributed by atoms with van der Waals surface area (Å²) in [5.74, 6) is 1.06. The maximum atomic E-state index is 2.55. The van der Waals surface area contributed by atoms with E-state index in [2.05, 4.69) is 158 Å². The fourth-order valence-corrected chi connectivity index (χ4v) is 6.48. The molecule has 2 atom stereocenters. The molecule has 0 radical (unpaired) electrons. The van der Waals surface area contributed by atoms with E-state index in [-0.39, 0.29) is 10.8 Å². The summed E-state index contributed by atoms with van der Waals surface area (Å²) in [6.07, 6.45) is 14.4. The standard InChI is InChI=1S/C44H62/c1-15-16-36(42-26-25-39(34(7)35(42)8)30(3)17-19-33(6)43(9,10)11)20-18-29(2)37-21-23-40(31(4)27-37)41-24-22-38(28-32(41)5)44(12,13)14/h18-25,27-28,30,42H,15-17,26H2,1-14H3/b29-18+,33-19+,36-20+. The third kappa shape index (κ3) is 8.65. The van der Waals surface area contributed by atoms with Crippen molar-refractivity contribution in [3.05, 3.63) is 111 Å². The second-order valence-electron chi connectivity index (χ2n) is 15.7. The van der Waals surface area contributed by atoms with Crippen LogP contribution < -0.4 is 0 Å². The third-order valence-corrected chi connectivity index (χ3v) is 10.2. The topological polar surface area (TPSA) is 0 Å². The Morgan fingerprint density at radius 2 is 1.48 bits per heavy atom. The van der Waals surface area contributed by atoms with E-state index in [1.54, 1.807) is 16.7 Å². The van der Waals surface area contributed by atoms with E-state index in [4.69, 9.17) is 0 Å². The van der Waals surface area contributed by atoms with Crippen molar-refractivity contribution in [2.24, 2.45) is 17.3 Å². The van der Waals surface area contributed by atoms with Crippen molar-refractivity contribution in [2.45, 2.75) is 128 Å². The van der Waals surface area contributed by atoms with E-state index in [1.807, 2.05) is 0 Å². The molecular formula is C44H62. The van der Waals surface area contributed by atoms with Gasteiger partial charge in [-0.2, -0.15) is 0 Å². The van der Waals surface area contributed by atoms with Gasteiger partial charge in [-0.1, -0.05) is 139 Å². The highest BCUT2D eigenvalue weighted by Gasteiger charge is 2.24. The molecule has 2 unspecified atom stereocenters. The molecule has 0 saturated heterocycles. The van der Waals surface area contributed by atoms with Gasteiger partial charge >= 0.3 is 0 Å². The van der Waals surface area contributed by atoms with Crippen molar-refractivity contribution in [2.75, 3.05) is 0 Å². The quantitative estimate of drug-likeness (QED) is 0.201. The van der Waals surface area contributed by atoms with Crippen molar-refractivity contribution < 1.29 is 0 Å². The molecule has 1 aliphatic carbocycles. The van der Waals surface area contributed by atoms with Gasteiger partial charge in [0.2, 0.25) is 0 Å². The van der Waals surface area contributed by atoms with Gasteiger partial charge < -0.3 is 0 Å².